The van der Waals surface area contributed by atoms with E-state index in [4.69, 9.17) is 0 Å². The highest BCUT2D eigenvalue weighted by atomic mass is 16.3. The minimum absolute atomic E-state index is 0.0793. The van der Waals surface area contributed by atoms with Crippen molar-refractivity contribution in [2.24, 2.45) is 0 Å². The van der Waals surface area contributed by atoms with Gasteiger partial charge in [-0.25, -0.2) is 0 Å². The van der Waals surface area contributed by atoms with Crippen molar-refractivity contribution in [1.82, 2.24) is 0 Å². The first-order valence-corrected chi connectivity index (χ1v) is 5.79. The molecule has 0 fully saturated rings. The number of carbonyl (C=O) groups excluding carboxylic acids is 1. The molecule has 0 bridgehead atoms. The molecule has 92 valence electrons. The first-order chi connectivity index (χ1) is 8.66. The van der Waals surface area contributed by atoms with Crippen molar-refractivity contribution in [3.63, 3.8) is 0 Å². The number of para-hydroxylation sites is 2. The quantitative estimate of drug-likeness (QED) is 0.812. The van der Waals surface area contributed by atoms with E-state index >= 15 is 0 Å². The standard InChI is InChI=1S/C15H15NO2/c1-11-6-2-3-7-12(11)10-15(18)16-13-8-4-5-9-14(13)17/h2-9,17H,10H2,1H3,(H,16,18). The number of phenols is 1. The lowest BCUT2D eigenvalue weighted by Gasteiger charge is -2.08. The maximum Gasteiger partial charge on any atom is 0.228 e. The molecule has 0 saturated heterocycles. The van der Waals surface area contributed by atoms with Crippen LogP contribution in [0.1, 0.15) is 11.1 Å². The van der Waals surface area contributed by atoms with Gasteiger partial charge in [0, 0.05) is 0 Å². The lowest BCUT2D eigenvalue weighted by molar-refractivity contribution is -0.115. The number of phenolic OH excluding ortho intramolecular Hbond substituents is 1. The SMILES string of the molecule is Cc1ccccc1CC(=O)Nc1ccccc1O. The van der Waals surface area contributed by atoms with E-state index in [1.807, 2.05) is 31.2 Å². The van der Waals surface area contributed by atoms with Crippen molar-refractivity contribution >= 4 is 11.6 Å². The average molecular weight is 241 g/mol. The third kappa shape index (κ3) is 2.88. The van der Waals surface area contributed by atoms with Crippen molar-refractivity contribution in [3.8, 4) is 5.75 Å². The van der Waals surface area contributed by atoms with Gasteiger partial charge in [-0.1, -0.05) is 36.4 Å². The van der Waals surface area contributed by atoms with Crippen molar-refractivity contribution in [2.75, 3.05) is 5.32 Å². The fourth-order valence-corrected chi connectivity index (χ4v) is 1.76. The van der Waals surface area contributed by atoms with Gasteiger partial charge in [0.2, 0.25) is 5.91 Å². The van der Waals surface area contributed by atoms with E-state index < -0.39 is 0 Å². The number of nitrogens with one attached hydrogen (secondary N) is 1. The van der Waals surface area contributed by atoms with Crippen molar-refractivity contribution in [1.29, 1.82) is 0 Å². The molecule has 0 radical (unpaired) electrons. The largest absolute Gasteiger partial charge is 0.506 e. The van der Waals surface area contributed by atoms with Gasteiger partial charge in [-0.3, -0.25) is 4.79 Å². The molecule has 2 aromatic rings. The molecule has 2 N–H and O–H groups in total. The summed E-state index contributed by atoms with van der Waals surface area (Å²) in [7, 11) is 0. The van der Waals surface area contributed by atoms with Crippen LogP contribution in [0.4, 0.5) is 5.69 Å². The predicted octanol–water partition coefficient (Wildman–Crippen LogP) is 2.88. The Labute approximate surface area is 106 Å². The Balaban J connectivity index is 2.06. The molecule has 3 heteroatoms. The highest BCUT2D eigenvalue weighted by molar-refractivity contribution is 5.93. The third-order valence-corrected chi connectivity index (χ3v) is 2.79. The summed E-state index contributed by atoms with van der Waals surface area (Å²) >= 11 is 0. The summed E-state index contributed by atoms with van der Waals surface area (Å²) in [5.41, 5.74) is 2.52. The van der Waals surface area contributed by atoms with Crippen LogP contribution in [0.2, 0.25) is 0 Å². The summed E-state index contributed by atoms with van der Waals surface area (Å²) in [6, 6.07) is 14.5. The fourth-order valence-electron chi connectivity index (χ4n) is 1.76. The van der Waals surface area contributed by atoms with E-state index in [0.29, 0.717) is 12.1 Å². The van der Waals surface area contributed by atoms with Gasteiger partial charge < -0.3 is 10.4 Å². The van der Waals surface area contributed by atoms with Crippen LogP contribution >= 0.6 is 0 Å². The second kappa shape index (κ2) is 5.36. The summed E-state index contributed by atoms with van der Waals surface area (Å²) in [5, 5.41) is 12.3. The molecule has 18 heavy (non-hydrogen) atoms. The Morgan fingerprint density at radius 1 is 1.11 bits per heavy atom. The summed E-state index contributed by atoms with van der Waals surface area (Å²) in [5.74, 6) is -0.0542. The molecule has 0 aromatic heterocycles. The molecular formula is C15H15NO2. The molecule has 2 rings (SSSR count). The van der Waals surface area contributed by atoms with Crippen LogP contribution in [0.25, 0.3) is 0 Å². The predicted molar refractivity (Wildman–Crippen MR) is 71.6 cm³/mol. The molecule has 0 aliphatic rings. The number of carbonyl (C=O) groups is 1. The maximum atomic E-state index is 11.9. The minimum Gasteiger partial charge on any atom is -0.506 e. The van der Waals surface area contributed by atoms with Gasteiger partial charge in [-0.2, -0.15) is 0 Å². The smallest absolute Gasteiger partial charge is 0.228 e. The Morgan fingerprint density at radius 2 is 1.78 bits per heavy atom. The Bertz CT molecular complexity index is 514. The molecule has 0 aliphatic carbocycles. The Kier molecular flexibility index (Phi) is 3.63. The summed E-state index contributed by atoms with van der Waals surface area (Å²) < 4.78 is 0. The number of aromatic hydroxyl groups is 1. The van der Waals surface area contributed by atoms with Crippen LogP contribution in [0, 0.1) is 6.92 Å². The molecule has 0 saturated carbocycles. The number of rotatable bonds is 3. The van der Waals surface area contributed by atoms with E-state index in [2.05, 4.69) is 5.32 Å². The number of benzene rings is 2. The lowest BCUT2D eigenvalue weighted by Crippen LogP contribution is -2.15. The van der Waals surface area contributed by atoms with Gasteiger partial charge in [0.25, 0.3) is 0 Å². The summed E-state index contributed by atoms with van der Waals surface area (Å²) in [6.45, 7) is 1.97. The molecule has 0 heterocycles. The normalized spacial score (nSPS) is 10.1. The van der Waals surface area contributed by atoms with Gasteiger partial charge in [-0.05, 0) is 30.2 Å². The highest BCUT2D eigenvalue weighted by Crippen LogP contribution is 2.21. The van der Waals surface area contributed by atoms with Crippen LogP contribution < -0.4 is 5.32 Å². The number of anilines is 1. The van der Waals surface area contributed by atoms with E-state index in [-0.39, 0.29) is 11.7 Å². The van der Waals surface area contributed by atoms with E-state index in [9.17, 15) is 9.90 Å². The second-order valence-electron chi connectivity index (χ2n) is 4.17. The van der Waals surface area contributed by atoms with E-state index in [0.717, 1.165) is 11.1 Å². The molecule has 3 nitrogen and oxygen atoms in total. The first kappa shape index (κ1) is 12.2. The lowest BCUT2D eigenvalue weighted by atomic mass is 10.1. The molecule has 0 aliphatic heterocycles. The zero-order valence-electron chi connectivity index (χ0n) is 10.2. The fraction of sp³-hybridized carbons (Fsp3) is 0.133. The maximum absolute atomic E-state index is 11.9. The number of hydrogen-bond acceptors (Lipinski definition) is 2. The third-order valence-electron chi connectivity index (χ3n) is 2.79. The molecular weight excluding hydrogens is 226 g/mol. The first-order valence-electron chi connectivity index (χ1n) is 5.79. The molecule has 2 aromatic carbocycles. The molecule has 0 spiro atoms. The van der Waals surface area contributed by atoms with Crippen LogP contribution in [-0.2, 0) is 11.2 Å². The number of aryl methyl sites for hydroxylation is 1. The monoisotopic (exact) mass is 241 g/mol. The second-order valence-corrected chi connectivity index (χ2v) is 4.17. The van der Waals surface area contributed by atoms with Gasteiger partial charge in [-0.15, -0.1) is 0 Å². The number of amides is 1. The molecule has 0 atom stereocenters. The van der Waals surface area contributed by atoms with E-state index in [1.54, 1.807) is 24.3 Å². The summed E-state index contributed by atoms with van der Waals surface area (Å²) in [4.78, 5) is 11.9. The molecule has 0 unspecified atom stereocenters. The Morgan fingerprint density at radius 3 is 2.50 bits per heavy atom. The van der Waals surface area contributed by atoms with E-state index in [1.165, 1.54) is 0 Å². The summed E-state index contributed by atoms with van der Waals surface area (Å²) in [6.07, 6.45) is 0.307. The minimum atomic E-state index is -0.134. The zero-order valence-corrected chi connectivity index (χ0v) is 10.2. The van der Waals surface area contributed by atoms with Gasteiger partial charge in [0.15, 0.2) is 0 Å². The van der Waals surface area contributed by atoms with Crippen LogP contribution in [0.3, 0.4) is 0 Å². The van der Waals surface area contributed by atoms with Crippen molar-refractivity contribution in [3.05, 3.63) is 59.7 Å². The van der Waals surface area contributed by atoms with Crippen LogP contribution in [0.15, 0.2) is 48.5 Å². The van der Waals surface area contributed by atoms with Gasteiger partial charge in [0.1, 0.15) is 5.75 Å². The highest BCUT2D eigenvalue weighted by Gasteiger charge is 2.07. The van der Waals surface area contributed by atoms with Crippen LogP contribution in [0.5, 0.6) is 5.75 Å². The van der Waals surface area contributed by atoms with Crippen molar-refractivity contribution in [2.45, 2.75) is 13.3 Å². The van der Waals surface area contributed by atoms with Crippen molar-refractivity contribution < 1.29 is 9.90 Å². The Hall–Kier alpha value is -2.29. The zero-order chi connectivity index (χ0) is 13.0. The molecule has 1 amide bonds. The van der Waals surface area contributed by atoms with Crippen LogP contribution in [-0.4, -0.2) is 11.0 Å². The topological polar surface area (TPSA) is 49.3 Å². The average Bonchev–Trinajstić information content (AvgIpc) is 2.35. The van der Waals surface area contributed by atoms with Gasteiger partial charge in [0.05, 0.1) is 12.1 Å². The number of hydrogen-bond donors (Lipinski definition) is 2. The van der Waals surface area contributed by atoms with Gasteiger partial charge >= 0.3 is 0 Å².